The summed E-state index contributed by atoms with van der Waals surface area (Å²) in [5, 5.41) is 0. The van der Waals surface area contributed by atoms with Gasteiger partial charge in [-0.1, -0.05) is 0 Å². The van der Waals surface area contributed by atoms with E-state index in [9.17, 15) is 8.42 Å². The largest absolute Gasteiger partial charge is 0.379 e. The van der Waals surface area contributed by atoms with E-state index in [0.717, 1.165) is 19.3 Å². The van der Waals surface area contributed by atoms with E-state index in [-0.39, 0.29) is 12.4 Å². The maximum absolute atomic E-state index is 12.5. The van der Waals surface area contributed by atoms with Gasteiger partial charge in [0, 0.05) is 26.2 Å². The van der Waals surface area contributed by atoms with Crippen molar-refractivity contribution in [2.45, 2.75) is 19.3 Å². The van der Waals surface area contributed by atoms with Crippen LogP contribution in [-0.4, -0.2) is 63.0 Å². The normalized spacial score (nSPS) is 26.9. The molecule has 0 aromatic carbocycles. The zero-order valence-electron chi connectivity index (χ0n) is 11.2. The molecule has 0 aliphatic carbocycles. The minimum absolute atomic E-state index is 0. The first-order valence-electron chi connectivity index (χ1n) is 6.67. The van der Waals surface area contributed by atoms with Gasteiger partial charge in [-0.05, 0) is 31.7 Å². The van der Waals surface area contributed by atoms with E-state index in [1.807, 2.05) is 0 Å². The summed E-state index contributed by atoms with van der Waals surface area (Å²) >= 11 is 0. The van der Waals surface area contributed by atoms with Gasteiger partial charge in [-0.2, -0.15) is 17.0 Å². The fourth-order valence-electron chi connectivity index (χ4n) is 2.65. The summed E-state index contributed by atoms with van der Waals surface area (Å²) in [6, 6.07) is 0. The molecule has 2 N–H and O–H groups in total. The van der Waals surface area contributed by atoms with Crippen LogP contribution >= 0.6 is 12.4 Å². The van der Waals surface area contributed by atoms with E-state index in [1.54, 1.807) is 8.61 Å². The van der Waals surface area contributed by atoms with Crippen LogP contribution in [0.15, 0.2) is 0 Å². The molecule has 19 heavy (non-hydrogen) atoms. The summed E-state index contributed by atoms with van der Waals surface area (Å²) < 4.78 is 33.3. The molecule has 2 rings (SSSR count). The maximum Gasteiger partial charge on any atom is 0.282 e. The molecule has 2 fully saturated rings. The van der Waals surface area contributed by atoms with Crippen LogP contribution in [-0.2, 0) is 14.9 Å². The predicted molar refractivity (Wildman–Crippen MR) is 76.5 cm³/mol. The van der Waals surface area contributed by atoms with E-state index in [1.165, 1.54) is 0 Å². The lowest BCUT2D eigenvalue weighted by Crippen LogP contribution is -2.51. The highest BCUT2D eigenvalue weighted by Crippen LogP contribution is 2.23. The van der Waals surface area contributed by atoms with Gasteiger partial charge >= 0.3 is 0 Å². The van der Waals surface area contributed by atoms with Crippen LogP contribution in [0, 0.1) is 5.92 Å². The number of ether oxygens (including phenoxy) is 1. The molecule has 1 atom stereocenters. The number of rotatable bonds is 4. The minimum atomic E-state index is -3.29. The van der Waals surface area contributed by atoms with E-state index < -0.39 is 10.2 Å². The molecule has 2 aliphatic heterocycles. The van der Waals surface area contributed by atoms with Crippen molar-refractivity contribution in [3.63, 3.8) is 0 Å². The molecule has 0 amide bonds. The lowest BCUT2D eigenvalue weighted by atomic mass is 9.96. The molecule has 0 bridgehead atoms. The second-order valence-corrected chi connectivity index (χ2v) is 6.89. The quantitative estimate of drug-likeness (QED) is 0.795. The molecule has 0 aromatic rings. The number of morpholine rings is 1. The molecule has 2 saturated heterocycles. The Morgan fingerprint density at radius 1 is 1.16 bits per heavy atom. The number of hydrogen-bond acceptors (Lipinski definition) is 4. The van der Waals surface area contributed by atoms with Crippen LogP contribution in [0.3, 0.4) is 0 Å². The van der Waals surface area contributed by atoms with Crippen LogP contribution in [0.5, 0.6) is 0 Å². The van der Waals surface area contributed by atoms with Crippen LogP contribution < -0.4 is 5.73 Å². The SMILES string of the molecule is Cl.NCCC1CCCN(S(=O)(=O)N2CCOCC2)C1. The van der Waals surface area contributed by atoms with Gasteiger partial charge in [0.05, 0.1) is 13.2 Å². The summed E-state index contributed by atoms with van der Waals surface area (Å²) in [6.07, 6.45) is 2.94. The van der Waals surface area contributed by atoms with Gasteiger partial charge in [0.1, 0.15) is 0 Å². The highest BCUT2D eigenvalue weighted by Gasteiger charge is 2.34. The third-order valence-electron chi connectivity index (χ3n) is 3.68. The standard InChI is InChI=1S/C11H23N3O3S.ClH/c12-4-3-11-2-1-5-14(10-11)18(15,16)13-6-8-17-9-7-13;/h11H,1-10,12H2;1H. The van der Waals surface area contributed by atoms with Gasteiger partial charge in [0.25, 0.3) is 10.2 Å². The van der Waals surface area contributed by atoms with Crippen molar-refractivity contribution >= 4 is 22.6 Å². The predicted octanol–water partition coefficient (Wildman–Crippen LogP) is 0.0460. The third-order valence-corrected chi connectivity index (χ3v) is 5.68. The number of halogens is 1. The summed E-state index contributed by atoms with van der Waals surface area (Å²) in [7, 11) is -3.29. The number of nitrogens with zero attached hydrogens (tertiary/aromatic N) is 2. The molecule has 6 nitrogen and oxygen atoms in total. The maximum atomic E-state index is 12.5. The highest BCUT2D eigenvalue weighted by molar-refractivity contribution is 7.86. The van der Waals surface area contributed by atoms with Crippen LogP contribution in [0.4, 0.5) is 0 Å². The smallest absolute Gasteiger partial charge is 0.282 e. The molecule has 8 heteroatoms. The summed E-state index contributed by atoms with van der Waals surface area (Å²) in [4.78, 5) is 0. The van der Waals surface area contributed by atoms with E-state index >= 15 is 0 Å². The Kier molecular flexibility index (Phi) is 6.99. The fraction of sp³-hybridized carbons (Fsp3) is 1.00. The topological polar surface area (TPSA) is 75.9 Å². The second kappa shape index (κ2) is 7.75. The Labute approximate surface area is 121 Å². The number of piperidine rings is 1. The average molecular weight is 314 g/mol. The van der Waals surface area contributed by atoms with Crippen molar-refractivity contribution in [2.24, 2.45) is 11.7 Å². The molecule has 0 saturated carbocycles. The lowest BCUT2D eigenvalue weighted by Gasteiger charge is -2.36. The van der Waals surface area contributed by atoms with Crippen molar-refractivity contribution in [3.05, 3.63) is 0 Å². The molecular weight excluding hydrogens is 290 g/mol. The van der Waals surface area contributed by atoms with Gasteiger partial charge < -0.3 is 10.5 Å². The monoisotopic (exact) mass is 313 g/mol. The molecule has 0 aromatic heterocycles. The summed E-state index contributed by atoms with van der Waals surface area (Å²) in [5.41, 5.74) is 5.56. The van der Waals surface area contributed by atoms with Crippen molar-refractivity contribution in [1.82, 2.24) is 8.61 Å². The van der Waals surface area contributed by atoms with Crippen molar-refractivity contribution in [2.75, 3.05) is 45.9 Å². The second-order valence-electron chi connectivity index (χ2n) is 4.96. The first kappa shape index (κ1) is 17.1. The third kappa shape index (κ3) is 4.27. The Hall–Kier alpha value is 0.0800. The molecule has 2 heterocycles. The molecule has 0 spiro atoms. The Bertz CT molecular complexity index is 358. The van der Waals surface area contributed by atoms with E-state index in [2.05, 4.69) is 0 Å². The van der Waals surface area contributed by atoms with E-state index in [4.69, 9.17) is 10.5 Å². The van der Waals surface area contributed by atoms with Gasteiger partial charge in [0.15, 0.2) is 0 Å². The average Bonchev–Trinajstić information content (AvgIpc) is 2.40. The molecule has 2 aliphatic rings. The van der Waals surface area contributed by atoms with E-state index in [0.29, 0.717) is 51.9 Å². The Balaban J connectivity index is 0.00000180. The van der Waals surface area contributed by atoms with Gasteiger partial charge in [-0.15, -0.1) is 12.4 Å². The van der Waals surface area contributed by atoms with Gasteiger partial charge in [0.2, 0.25) is 0 Å². The lowest BCUT2D eigenvalue weighted by molar-refractivity contribution is 0.0690. The Morgan fingerprint density at radius 2 is 1.84 bits per heavy atom. The number of nitrogens with two attached hydrogens (primary N) is 1. The summed E-state index contributed by atoms with van der Waals surface area (Å²) in [5.74, 6) is 0.416. The minimum Gasteiger partial charge on any atom is -0.379 e. The number of hydrogen-bond donors (Lipinski definition) is 1. The van der Waals surface area contributed by atoms with Gasteiger partial charge in [-0.25, -0.2) is 0 Å². The van der Waals surface area contributed by atoms with Crippen molar-refractivity contribution < 1.29 is 13.2 Å². The first-order valence-corrected chi connectivity index (χ1v) is 8.07. The van der Waals surface area contributed by atoms with Crippen LogP contribution in [0.1, 0.15) is 19.3 Å². The zero-order valence-corrected chi connectivity index (χ0v) is 12.8. The van der Waals surface area contributed by atoms with Crippen LogP contribution in [0.2, 0.25) is 0 Å². The Morgan fingerprint density at radius 3 is 2.47 bits per heavy atom. The van der Waals surface area contributed by atoms with Gasteiger partial charge in [-0.3, -0.25) is 0 Å². The molecule has 114 valence electrons. The first-order chi connectivity index (χ1) is 8.64. The van der Waals surface area contributed by atoms with Crippen molar-refractivity contribution in [1.29, 1.82) is 0 Å². The molecular formula is C11H24ClN3O3S. The fourth-order valence-corrected chi connectivity index (χ4v) is 4.34. The summed E-state index contributed by atoms with van der Waals surface area (Å²) in [6.45, 7) is 3.84. The van der Waals surface area contributed by atoms with Crippen LogP contribution in [0.25, 0.3) is 0 Å². The molecule has 1 unspecified atom stereocenters. The molecule has 0 radical (unpaired) electrons. The zero-order chi connectivity index (χ0) is 13.0. The van der Waals surface area contributed by atoms with Crippen molar-refractivity contribution in [3.8, 4) is 0 Å². The highest BCUT2D eigenvalue weighted by atomic mass is 35.5.